The molecular weight excluding hydrogens is 408 g/mol. The van der Waals surface area contributed by atoms with Gasteiger partial charge < -0.3 is 14.7 Å². The number of nitrogens with one attached hydrogen (secondary N) is 1. The largest absolute Gasteiger partial charge is 0.478 e. The summed E-state index contributed by atoms with van der Waals surface area (Å²) in [4.78, 5) is 15.6. The Labute approximate surface area is 196 Å². The molecule has 2 aromatic heterocycles. The summed E-state index contributed by atoms with van der Waals surface area (Å²) in [5.41, 5.74) is 7.61. The van der Waals surface area contributed by atoms with E-state index in [-0.39, 0.29) is 0 Å². The molecule has 2 N–H and O–H groups in total. The maximum absolute atomic E-state index is 12.2. The summed E-state index contributed by atoms with van der Waals surface area (Å²) < 4.78 is 2.35. The molecule has 0 aliphatic heterocycles. The van der Waals surface area contributed by atoms with Crippen LogP contribution in [-0.2, 0) is 24.2 Å². The standard InChI is InChI=1S/C29H34N2O2/c1-2-3-4-5-9-20-10-6-12-23-24-13-8-14-25(29(32)33)28(24)31(27(23)18-20)19-21-11-7-15-26-22(21)16-17-30-26/h6-7,11-12,14-17,20,30H,2-5,8-10,13,18-19H2,1H3,(H,32,33). The van der Waals surface area contributed by atoms with Crippen LogP contribution in [0.4, 0.5) is 0 Å². The third-order valence-electron chi connectivity index (χ3n) is 7.46. The second-order valence-electron chi connectivity index (χ2n) is 9.65. The Hall–Kier alpha value is -3.01. The number of nitrogens with zero attached hydrogens (tertiary/aromatic N) is 1. The zero-order valence-electron chi connectivity index (χ0n) is 19.6. The molecule has 2 aliphatic rings. The van der Waals surface area contributed by atoms with Gasteiger partial charge in [-0.15, -0.1) is 0 Å². The molecular formula is C29H34N2O2. The van der Waals surface area contributed by atoms with Crippen molar-refractivity contribution in [2.75, 3.05) is 0 Å². The van der Waals surface area contributed by atoms with Crippen LogP contribution in [0.2, 0.25) is 0 Å². The molecule has 0 radical (unpaired) electrons. The van der Waals surface area contributed by atoms with Crippen LogP contribution in [0.3, 0.4) is 0 Å². The first kappa shape index (κ1) is 21.8. The Morgan fingerprint density at radius 3 is 2.97 bits per heavy atom. The van der Waals surface area contributed by atoms with Crippen molar-refractivity contribution < 1.29 is 9.90 Å². The van der Waals surface area contributed by atoms with Crippen molar-refractivity contribution in [2.24, 2.45) is 5.92 Å². The van der Waals surface area contributed by atoms with E-state index in [2.05, 4.69) is 52.9 Å². The quantitative estimate of drug-likeness (QED) is 0.370. The summed E-state index contributed by atoms with van der Waals surface area (Å²) >= 11 is 0. The lowest BCUT2D eigenvalue weighted by Gasteiger charge is -2.20. The van der Waals surface area contributed by atoms with E-state index in [0.717, 1.165) is 36.9 Å². The molecule has 2 aliphatic carbocycles. The molecule has 172 valence electrons. The number of carbonyl (C=O) groups is 1. The van der Waals surface area contributed by atoms with E-state index in [4.69, 9.17) is 0 Å². The zero-order chi connectivity index (χ0) is 22.8. The van der Waals surface area contributed by atoms with E-state index in [0.29, 0.717) is 18.0 Å². The van der Waals surface area contributed by atoms with Gasteiger partial charge in [-0.05, 0) is 66.8 Å². The molecule has 1 unspecified atom stereocenters. The van der Waals surface area contributed by atoms with Crippen LogP contribution >= 0.6 is 0 Å². The summed E-state index contributed by atoms with van der Waals surface area (Å²) in [6, 6.07) is 8.50. The van der Waals surface area contributed by atoms with Gasteiger partial charge in [0, 0.05) is 29.3 Å². The van der Waals surface area contributed by atoms with Crippen LogP contribution in [0.25, 0.3) is 22.6 Å². The number of aromatic amines is 1. The molecule has 0 saturated carbocycles. The van der Waals surface area contributed by atoms with Gasteiger partial charge in [0.2, 0.25) is 0 Å². The van der Waals surface area contributed by atoms with E-state index >= 15 is 0 Å². The van der Waals surface area contributed by atoms with Crippen LogP contribution in [0.1, 0.15) is 79.9 Å². The van der Waals surface area contributed by atoms with Crippen molar-refractivity contribution in [3.63, 3.8) is 0 Å². The molecule has 0 amide bonds. The Balaban J connectivity index is 1.58. The average molecular weight is 443 g/mol. The smallest absolute Gasteiger partial charge is 0.337 e. The van der Waals surface area contributed by atoms with Crippen LogP contribution in [0.15, 0.2) is 42.6 Å². The highest BCUT2D eigenvalue weighted by molar-refractivity contribution is 6.16. The van der Waals surface area contributed by atoms with E-state index in [1.807, 2.05) is 12.3 Å². The number of carboxylic acid groups (broad SMARTS) is 1. The van der Waals surface area contributed by atoms with Crippen LogP contribution in [0, 0.1) is 5.92 Å². The minimum atomic E-state index is -0.815. The Morgan fingerprint density at radius 2 is 2.12 bits per heavy atom. The number of hydrogen-bond acceptors (Lipinski definition) is 1. The summed E-state index contributed by atoms with van der Waals surface area (Å²) in [7, 11) is 0. The molecule has 0 saturated heterocycles. The highest BCUT2D eigenvalue weighted by Crippen LogP contribution is 2.39. The number of allylic oxidation sites excluding steroid dienone is 2. The topological polar surface area (TPSA) is 58.0 Å². The molecule has 2 heterocycles. The fourth-order valence-corrected chi connectivity index (χ4v) is 5.82. The molecule has 1 atom stereocenters. The van der Waals surface area contributed by atoms with Crippen molar-refractivity contribution in [2.45, 2.75) is 71.3 Å². The van der Waals surface area contributed by atoms with Gasteiger partial charge in [-0.2, -0.15) is 0 Å². The van der Waals surface area contributed by atoms with Crippen molar-refractivity contribution in [1.82, 2.24) is 9.55 Å². The molecule has 33 heavy (non-hydrogen) atoms. The number of aliphatic carboxylic acids is 1. The maximum atomic E-state index is 12.2. The molecule has 0 fully saturated rings. The predicted octanol–water partition coefficient (Wildman–Crippen LogP) is 6.98. The summed E-state index contributed by atoms with van der Waals surface area (Å²) in [5.74, 6) is -0.195. The second-order valence-corrected chi connectivity index (χ2v) is 9.65. The number of hydrogen-bond donors (Lipinski definition) is 2. The van der Waals surface area contributed by atoms with Crippen LogP contribution in [-0.4, -0.2) is 20.6 Å². The fourth-order valence-electron chi connectivity index (χ4n) is 5.82. The molecule has 0 spiro atoms. The fraction of sp³-hybridized carbons (Fsp3) is 0.414. The minimum absolute atomic E-state index is 0.471. The van der Waals surface area contributed by atoms with Gasteiger partial charge in [0.1, 0.15) is 0 Å². The van der Waals surface area contributed by atoms with Crippen molar-refractivity contribution >= 4 is 28.5 Å². The third kappa shape index (κ3) is 4.19. The van der Waals surface area contributed by atoms with Crippen LogP contribution < -0.4 is 0 Å². The predicted molar refractivity (Wildman–Crippen MR) is 135 cm³/mol. The van der Waals surface area contributed by atoms with E-state index in [9.17, 15) is 9.90 Å². The molecule has 4 nitrogen and oxygen atoms in total. The molecule has 3 aromatic rings. The Bertz CT molecular complexity index is 1220. The van der Waals surface area contributed by atoms with Crippen LogP contribution in [0.5, 0.6) is 0 Å². The van der Waals surface area contributed by atoms with Gasteiger partial charge in [0.15, 0.2) is 0 Å². The molecule has 0 bridgehead atoms. The lowest BCUT2D eigenvalue weighted by molar-refractivity contribution is -0.130. The van der Waals surface area contributed by atoms with Crippen molar-refractivity contribution in [1.29, 1.82) is 0 Å². The number of H-pyrrole nitrogens is 1. The number of carboxylic acids is 1. The minimum Gasteiger partial charge on any atom is -0.478 e. The number of fused-ring (bicyclic) bond motifs is 4. The van der Waals surface area contributed by atoms with Gasteiger partial charge >= 0.3 is 5.97 Å². The van der Waals surface area contributed by atoms with Gasteiger partial charge in [0.25, 0.3) is 0 Å². The number of rotatable bonds is 8. The highest BCUT2D eigenvalue weighted by atomic mass is 16.4. The van der Waals surface area contributed by atoms with E-state index < -0.39 is 5.97 Å². The SMILES string of the molecule is CCCCCCC1CC=Cc2c3c(n(Cc4cccc5[nH]ccc45)c2C1)C(C(=O)O)=CCC3. The number of aromatic nitrogens is 2. The first-order valence-corrected chi connectivity index (χ1v) is 12.6. The zero-order valence-corrected chi connectivity index (χ0v) is 19.6. The van der Waals surface area contributed by atoms with Gasteiger partial charge in [-0.3, -0.25) is 0 Å². The normalized spacial score (nSPS) is 17.5. The van der Waals surface area contributed by atoms with Gasteiger partial charge in [-0.25, -0.2) is 4.79 Å². The summed E-state index contributed by atoms with van der Waals surface area (Å²) in [6.07, 6.45) is 18.8. The Morgan fingerprint density at radius 1 is 1.21 bits per heavy atom. The molecule has 4 heteroatoms. The second kappa shape index (κ2) is 9.46. The number of unbranched alkanes of at least 4 members (excludes halogenated alkanes) is 3. The maximum Gasteiger partial charge on any atom is 0.337 e. The number of benzene rings is 1. The summed E-state index contributed by atoms with van der Waals surface area (Å²) in [6.45, 7) is 2.96. The lowest BCUT2D eigenvalue weighted by Crippen LogP contribution is -2.16. The first-order valence-electron chi connectivity index (χ1n) is 12.6. The molecule has 1 aromatic carbocycles. The van der Waals surface area contributed by atoms with E-state index in [1.54, 1.807) is 0 Å². The van der Waals surface area contributed by atoms with Crippen molar-refractivity contribution in [3.05, 3.63) is 70.7 Å². The summed E-state index contributed by atoms with van der Waals surface area (Å²) in [5, 5.41) is 11.3. The monoisotopic (exact) mass is 442 g/mol. The average Bonchev–Trinajstić information content (AvgIpc) is 3.34. The molecule has 5 rings (SSSR count). The van der Waals surface area contributed by atoms with Crippen molar-refractivity contribution in [3.8, 4) is 0 Å². The van der Waals surface area contributed by atoms with E-state index in [1.165, 1.54) is 59.9 Å². The van der Waals surface area contributed by atoms with Gasteiger partial charge in [-0.1, -0.05) is 63.0 Å². The first-order chi connectivity index (χ1) is 16.2. The highest BCUT2D eigenvalue weighted by Gasteiger charge is 2.30. The lowest BCUT2D eigenvalue weighted by atomic mass is 9.92. The Kier molecular flexibility index (Phi) is 6.26. The van der Waals surface area contributed by atoms with Gasteiger partial charge in [0.05, 0.1) is 11.3 Å². The third-order valence-corrected chi connectivity index (χ3v) is 7.46.